The molecular weight excluding hydrogens is 242 g/mol. The van der Waals surface area contributed by atoms with Gasteiger partial charge in [-0.25, -0.2) is 0 Å². The van der Waals surface area contributed by atoms with Gasteiger partial charge in [0.1, 0.15) is 11.4 Å². The van der Waals surface area contributed by atoms with E-state index in [1.165, 1.54) is 0 Å². The number of nitrogens with two attached hydrogens (primary N) is 1. The summed E-state index contributed by atoms with van der Waals surface area (Å²) in [5.74, 6) is 0.275. The number of anilines is 1. The molecule has 0 bridgehead atoms. The number of rotatable bonds is 5. The molecule has 0 unspecified atom stereocenters. The van der Waals surface area contributed by atoms with Crippen LogP contribution in [0, 0.1) is 0 Å². The van der Waals surface area contributed by atoms with Gasteiger partial charge in [-0.2, -0.15) is 0 Å². The quantitative estimate of drug-likeness (QED) is 0.856. The molecule has 2 rings (SSSR count). The van der Waals surface area contributed by atoms with Gasteiger partial charge in [-0.05, 0) is 29.8 Å². The minimum Gasteiger partial charge on any atom is -0.497 e. The predicted molar refractivity (Wildman–Crippen MR) is 73.1 cm³/mol. The van der Waals surface area contributed by atoms with Gasteiger partial charge in [0.2, 0.25) is 0 Å². The highest BCUT2D eigenvalue weighted by Gasteiger charge is 2.03. The summed E-state index contributed by atoms with van der Waals surface area (Å²) in [5, 5.41) is 3.20. The fourth-order valence-electron chi connectivity index (χ4n) is 1.66. The maximum atomic E-state index is 11.0. The number of carbonyl (C=O) groups excluding carboxylic acids is 1. The Bertz CT molecular complexity index is 584. The van der Waals surface area contributed by atoms with Crippen LogP contribution in [0.1, 0.15) is 16.1 Å². The lowest BCUT2D eigenvalue weighted by molar-refractivity contribution is 0.0995. The highest BCUT2D eigenvalue weighted by Crippen LogP contribution is 2.14. The third-order valence-electron chi connectivity index (χ3n) is 2.64. The summed E-state index contributed by atoms with van der Waals surface area (Å²) in [6, 6.07) is 11.2. The van der Waals surface area contributed by atoms with Crippen molar-refractivity contribution in [2.45, 2.75) is 6.54 Å². The molecule has 1 aromatic heterocycles. The second kappa shape index (κ2) is 5.86. The van der Waals surface area contributed by atoms with Crippen LogP contribution in [0.5, 0.6) is 5.75 Å². The molecule has 1 aromatic carbocycles. The lowest BCUT2D eigenvalue weighted by Gasteiger charge is -2.08. The number of hydrogen-bond acceptors (Lipinski definition) is 4. The van der Waals surface area contributed by atoms with Crippen molar-refractivity contribution in [3.05, 3.63) is 53.9 Å². The molecule has 0 radical (unpaired) electrons. The van der Waals surface area contributed by atoms with Crippen molar-refractivity contribution in [1.82, 2.24) is 4.98 Å². The molecule has 0 aliphatic heterocycles. The Kier molecular flexibility index (Phi) is 3.97. The Morgan fingerprint density at radius 1 is 1.37 bits per heavy atom. The van der Waals surface area contributed by atoms with Gasteiger partial charge in [-0.15, -0.1) is 0 Å². The van der Waals surface area contributed by atoms with E-state index in [2.05, 4.69) is 10.3 Å². The maximum Gasteiger partial charge on any atom is 0.267 e. The van der Waals surface area contributed by atoms with E-state index in [1.54, 1.807) is 25.4 Å². The number of carbonyl (C=O) groups is 1. The van der Waals surface area contributed by atoms with Crippen LogP contribution in [-0.2, 0) is 6.54 Å². The first-order chi connectivity index (χ1) is 9.19. The van der Waals surface area contributed by atoms with Gasteiger partial charge >= 0.3 is 0 Å². The van der Waals surface area contributed by atoms with E-state index in [0.29, 0.717) is 6.54 Å². The number of aromatic nitrogens is 1. The fourth-order valence-corrected chi connectivity index (χ4v) is 1.66. The molecule has 0 aliphatic carbocycles. The average Bonchev–Trinajstić information content (AvgIpc) is 2.45. The number of primary amides is 1. The van der Waals surface area contributed by atoms with Crippen molar-refractivity contribution in [2.24, 2.45) is 5.73 Å². The van der Waals surface area contributed by atoms with Gasteiger partial charge in [0.25, 0.3) is 5.91 Å². The second-order valence-electron chi connectivity index (χ2n) is 4.00. The molecule has 0 aliphatic rings. The molecule has 1 heterocycles. The standard InChI is InChI=1S/C14H15N3O2/c1-19-12-4-2-3-10(7-12)9-17-11-5-6-16-13(8-11)14(15)18/h2-8H,9H2,1H3,(H2,15,18)(H,16,17). The summed E-state index contributed by atoms with van der Waals surface area (Å²) < 4.78 is 5.16. The summed E-state index contributed by atoms with van der Waals surface area (Å²) in [4.78, 5) is 14.9. The van der Waals surface area contributed by atoms with E-state index < -0.39 is 5.91 Å². The smallest absolute Gasteiger partial charge is 0.267 e. The number of hydrogen-bond donors (Lipinski definition) is 2. The molecule has 1 amide bonds. The van der Waals surface area contributed by atoms with Crippen molar-refractivity contribution in [3.8, 4) is 5.75 Å². The van der Waals surface area contributed by atoms with Gasteiger partial charge in [-0.3, -0.25) is 9.78 Å². The van der Waals surface area contributed by atoms with E-state index in [1.807, 2.05) is 24.3 Å². The summed E-state index contributed by atoms with van der Waals surface area (Å²) in [6.07, 6.45) is 1.55. The molecule has 5 nitrogen and oxygen atoms in total. The molecule has 2 aromatic rings. The van der Waals surface area contributed by atoms with Crippen molar-refractivity contribution in [3.63, 3.8) is 0 Å². The highest BCUT2D eigenvalue weighted by atomic mass is 16.5. The van der Waals surface area contributed by atoms with Crippen LogP contribution < -0.4 is 15.8 Å². The molecule has 3 N–H and O–H groups in total. The Balaban J connectivity index is 2.05. The first-order valence-electron chi connectivity index (χ1n) is 5.81. The molecular formula is C14H15N3O2. The van der Waals surface area contributed by atoms with Crippen molar-refractivity contribution in [1.29, 1.82) is 0 Å². The van der Waals surface area contributed by atoms with Gasteiger partial charge in [0.15, 0.2) is 0 Å². The molecule has 19 heavy (non-hydrogen) atoms. The number of nitrogens with zero attached hydrogens (tertiary/aromatic N) is 1. The summed E-state index contributed by atoms with van der Waals surface area (Å²) in [5.41, 5.74) is 7.31. The van der Waals surface area contributed by atoms with E-state index in [9.17, 15) is 4.79 Å². The summed E-state index contributed by atoms with van der Waals surface area (Å²) in [6.45, 7) is 0.624. The Morgan fingerprint density at radius 3 is 2.95 bits per heavy atom. The lowest BCUT2D eigenvalue weighted by Crippen LogP contribution is -2.13. The van der Waals surface area contributed by atoms with Crippen LogP contribution in [-0.4, -0.2) is 18.0 Å². The maximum absolute atomic E-state index is 11.0. The minimum atomic E-state index is -0.537. The van der Waals surface area contributed by atoms with Crippen LogP contribution in [0.15, 0.2) is 42.6 Å². The topological polar surface area (TPSA) is 77.2 Å². The average molecular weight is 257 g/mol. The van der Waals surface area contributed by atoms with Gasteiger partial charge in [-0.1, -0.05) is 12.1 Å². The Hall–Kier alpha value is -2.56. The zero-order chi connectivity index (χ0) is 13.7. The first-order valence-corrected chi connectivity index (χ1v) is 5.81. The highest BCUT2D eigenvalue weighted by molar-refractivity contribution is 5.91. The SMILES string of the molecule is COc1cccc(CNc2ccnc(C(N)=O)c2)c1. The second-order valence-corrected chi connectivity index (χ2v) is 4.00. The van der Waals surface area contributed by atoms with E-state index in [0.717, 1.165) is 17.0 Å². The van der Waals surface area contributed by atoms with E-state index in [4.69, 9.17) is 10.5 Å². The van der Waals surface area contributed by atoms with Gasteiger partial charge in [0.05, 0.1) is 7.11 Å². The number of pyridine rings is 1. The normalized spacial score (nSPS) is 9.95. The molecule has 0 saturated heterocycles. The van der Waals surface area contributed by atoms with Crippen molar-refractivity contribution >= 4 is 11.6 Å². The van der Waals surface area contributed by atoms with Gasteiger partial charge < -0.3 is 15.8 Å². The van der Waals surface area contributed by atoms with E-state index >= 15 is 0 Å². The minimum absolute atomic E-state index is 0.246. The first kappa shape index (κ1) is 12.9. The van der Waals surface area contributed by atoms with Crippen LogP contribution in [0.25, 0.3) is 0 Å². The third kappa shape index (κ3) is 3.45. The zero-order valence-corrected chi connectivity index (χ0v) is 10.6. The number of benzene rings is 1. The van der Waals surface area contributed by atoms with Crippen molar-refractivity contribution < 1.29 is 9.53 Å². The van der Waals surface area contributed by atoms with Crippen LogP contribution >= 0.6 is 0 Å². The largest absolute Gasteiger partial charge is 0.497 e. The van der Waals surface area contributed by atoms with E-state index in [-0.39, 0.29) is 5.69 Å². The van der Waals surface area contributed by atoms with Crippen LogP contribution in [0.4, 0.5) is 5.69 Å². The van der Waals surface area contributed by atoms with Crippen LogP contribution in [0.3, 0.4) is 0 Å². The molecule has 0 saturated carbocycles. The predicted octanol–water partition coefficient (Wildman–Crippen LogP) is 1.80. The molecule has 0 spiro atoms. The summed E-state index contributed by atoms with van der Waals surface area (Å²) >= 11 is 0. The van der Waals surface area contributed by atoms with Crippen LogP contribution in [0.2, 0.25) is 0 Å². The monoisotopic (exact) mass is 257 g/mol. The Labute approximate surface area is 111 Å². The number of ether oxygens (including phenoxy) is 1. The summed E-state index contributed by atoms with van der Waals surface area (Å²) in [7, 11) is 1.63. The molecule has 0 fully saturated rings. The third-order valence-corrected chi connectivity index (χ3v) is 2.64. The number of nitrogens with one attached hydrogen (secondary N) is 1. The fraction of sp³-hybridized carbons (Fsp3) is 0.143. The Morgan fingerprint density at radius 2 is 2.21 bits per heavy atom. The zero-order valence-electron chi connectivity index (χ0n) is 10.6. The van der Waals surface area contributed by atoms with Crippen molar-refractivity contribution in [2.75, 3.05) is 12.4 Å². The lowest BCUT2D eigenvalue weighted by atomic mass is 10.2. The number of methoxy groups -OCH3 is 1. The molecule has 5 heteroatoms. The molecule has 98 valence electrons. The number of amides is 1. The van der Waals surface area contributed by atoms with Gasteiger partial charge in [0, 0.05) is 18.4 Å². The molecule has 0 atom stereocenters.